The second kappa shape index (κ2) is 5.19. The molecule has 0 radical (unpaired) electrons. The molecular weight excluding hydrogens is 300 g/mol. The summed E-state index contributed by atoms with van der Waals surface area (Å²) in [5, 5.41) is 1.25. The summed E-state index contributed by atoms with van der Waals surface area (Å²) in [4.78, 5) is 0. The van der Waals surface area contributed by atoms with Crippen LogP contribution in [0.4, 0.5) is 0 Å². The molecule has 0 amide bonds. The van der Waals surface area contributed by atoms with Crippen molar-refractivity contribution >= 4 is 26.8 Å². The lowest BCUT2D eigenvalue weighted by atomic mass is 10.1. The molecule has 3 aromatic rings. The van der Waals surface area contributed by atoms with Gasteiger partial charge in [0.25, 0.3) is 0 Å². The normalized spacial score (nSPS) is 11.1. The van der Waals surface area contributed by atoms with Gasteiger partial charge in [-0.2, -0.15) is 0 Å². The zero-order valence-electron chi connectivity index (χ0n) is 10.5. The van der Waals surface area contributed by atoms with E-state index in [0.29, 0.717) is 6.54 Å². The number of halogens is 1. The molecule has 0 aliphatic carbocycles. The van der Waals surface area contributed by atoms with Crippen LogP contribution in [0.2, 0.25) is 0 Å². The van der Waals surface area contributed by atoms with E-state index in [1.54, 1.807) is 0 Å². The third-order valence-electron chi connectivity index (χ3n) is 3.34. The van der Waals surface area contributed by atoms with Crippen molar-refractivity contribution in [1.82, 2.24) is 4.57 Å². The van der Waals surface area contributed by atoms with E-state index in [-0.39, 0.29) is 0 Å². The number of nitrogens with zero attached hydrogens (tertiary/aromatic N) is 1. The molecule has 0 saturated carbocycles. The lowest BCUT2D eigenvalue weighted by Crippen LogP contribution is -1.98. The fourth-order valence-corrected chi connectivity index (χ4v) is 2.57. The Balaban J connectivity index is 1.95. The van der Waals surface area contributed by atoms with E-state index in [1.807, 2.05) is 0 Å². The lowest BCUT2D eigenvalue weighted by molar-refractivity contribution is 0.836. The van der Waals surface area contributed by atoms with Crippen LogP contribution in [0, 0.1) is 0 Å². The second-order valence-electron chi connectivity index (χ2n) is 4.67. The number of rotatable bonds is 3. The van der Waals surface area contributed by atoms with Crippen LogP contribution in [-0.4, -0.2) is 4.57 Å². The van der Waals surface area contributed by atoms with Crippen molar-refractivity contribution in [2.24, 2.45) is 5.73 Å². The number of hydrogen-bond acceptors (Lipinski definition) is 1. The van der Waals surface area contributed by atoms with Crippen molar-refractivity contribution in [2.45, 2.75) is 13.1 Å². The molecule has 0 aliphatic heterocycles. The highest BCUT2D eigenvalue weighted by Crippen LogP contribution is 2.19. The van der Waals surface area contributed by atoms with Crippen molar-refractivity contribution in [3.8, 4) is 0 Å². The SMILES string of the molecule is NCc1ccc2c(ccn2Cc2ccc(Br)cc2)c1. The van der Waals surface area contributed by atoms with Crippen LogP contribution in [-0.2, 0) is 13.1 Å². The van der Waals surface area contributed by atoms with E-state index in [1.165, 1.54) is 22.0 Å². The van der Waals surface area contributed by atoms with Crippen molar-refractivity contribution in [1.29, 1.82) is 0 Å². The molecule has 0 bridgehead atoms. The highest BCUT2D eigenvalue weighted by atomic mass is 79.9. The van der Waals surface area contributed by atoms with Crippen molar-refractivity contribution in [2.75, 3.05) is 0 Å². The minimum atomic E-state index is 0.591. The first-order valence-corrected chi connectivity index (χ1v) is 7.08. The van der Waals surface area contributed by atoms with Gasteiger partial charge in [-0.15, -0.1) is 0 Å². The lowest BCUT2D eigenvalue weighted by Gasteiger charge is -2.06. The topological polar surface area (TPSA) is 30.9 Å². The molecule has 0 fully saturated rings. The van der Waals surface area contributed by atoms with Crippen LogP contribution in [0.25, 0.3) is 10.9 Å². The summed E-state index contributed by atoms with van der Waals surface area (Å²) < 4.78 is 3.37. The van der Waals surface area contributed by atoms with Crippen LogP contribution in [0.3, 0.4) is 0 Å². The van der Waals surface area contributed by atoms with E-state index in [2.05, 4.69) is 75.2 Å². The number of aromatic nitrogens is 1. The standard InChI is InChI=1S/C16H15BrN2/c17-15-4-1-12(2-5-15)11-19-8-7-14-9-13(10-18)3-6-16(14)19/h1-9H,10-11,18H2. The maximum Gasteiger partial charge on any atom is 0.0483 e. The van der Waals surface area contributed by atoms with E-state index in [0.717, 1.165) is 11.0 Å². The Morgan fingerprint density at radius 3 is 2.42 bits per heavy atom. The maximum atomic E-state index is 5.67. The molecular formula is C16H15BrN2. The molecule has 2 aromatic carbocycles. The van der Waals surface area contributed by atoms with E-state index >= 15 is 0 Å². The van der Waals surface area contributed by atoms with Gasteiger partial charge in [-0.3, -0.25) is 0 Å². The molecule has 0 atom stereocenters. The predicted octanol–water partition coefficient (Wildman–Crippen LogP) is 3.91. The average molecular weight is 315 g/mol. The van der Waals surface area contributed by atoms with Crippen LogP contribution < -0.4 is 5.73 Å². The third kappa shape index (κ3) is 2.57. The van der Waals surface area contributed by atoms with E-state index < -0.39 is 0 Å². The number of hydrogen-bond donors (Lipinski definition) is 1. The highest BCUT2D eigenvalue weighted by Gasteiger charge is 2.02. The van der Waals surface area contributed by atoms with Gasteiger partial charge in [0.2, 0.25) is 0 Å². The molecule has 3 heteroatoms. The van der Waals surface area contributed by atoms with Gasteiger partial charge in [0, 0.05) is 29.3 Å². The Hall–Kier alpha value is -1.58. The molecule has 0 aliphatic rings. The fourth-order valence-electron chi connectivity index (χ4n) is 2.30. The van der Waals surface area contributed by atoms with Crippen molar-refractivity contribution < 1.29 is 0 Å². The third-order valence-corrected chi connectivity index (χ3v) is 3.87. The summed E-state index contributed by atoms with van der Waals surface area (Å²) in [7, 11) is 0. The van der Waals surface area contributed by atoms with Gasteiger partial charge in [0.15, 0.2) is 0 Å². The molecule has 0 spiro atoms. The van der Waals surface area contributed by atoms with Crippen molar-refractivity contribution in [3.05, 3.63) is 70.3 Å². The summed E-state index contributed by atoms with van der Waals surface area (Å²) in [5.41, 5.74) is 9.39. The predicted molar refractivity (Wildman–Crippen MR) is 83.1 cm³/mol. The van der Waals surface area contributed by atoms with Gasteiger partial charge < -0.3 is 10.3 Å². The molecule has 1 heterocycles. The Morgan fingerprint density at radius 2 is 1.68 bits per heavy atom. The summed E-state index contributed by atoms with van der Waals surface area (Å²) in [6.45, 7) is 1.48. The first-order chi connectivity index (χ1) is 9.26. The summed E-state index contributed by atoms with van der Waals surface area (Å²) in [6.07, 6.45) is 2.13. The molecule has 1 aromatic heterocycles. The van der Waals surface area contributed by atoms with Crippen molar-refractivity contribution in [3.63, 3.8) is 0 Å². The summed E-state index contributed by atoms with van der Waals surface area (Å²) in [6, 6.07) is 17.0. The molecule has 2 nitrogen and oxygen atoms in total. The summed E-state index contributed by atoms with van der Waals surface area (Å²) in [5.74, 6) is 0. The molecule has 0 saturated heterocycles. The zero-order valence-corrected chi connectivity index (χ0v) is 12.1. The first kappa shape index (κ1) is 12.5. The first-order valence-electron chi connectivity index (χ1n) is 6.28. The quantitative estimate of drug-likeness (QED) is 0.780. The second-order valence-corrected chi connectivity index (χ2v) is 5.58. The Bertz CT molecular complexity index is 698. The van der Waals surface area contributed by atoms with Gasteiger partial charge in [-0.05, 0) is 46.8 Å². The summed E-state index contributed by atoms with van der Waals surface area (Å²) >= 11 is 3.46. The van der Waals surface area contributed by atoms with E-state index in [9.17, 15) is 0 Å². The molecule has 96 valence electrons. The number of fused-ring (bicyclic) bond motifs is 1. The zero-order chi connectivity index (χ0) is 13.2. The monoisotopic (exact) mass is 314 g/mol. The molecule has 0 unspecified atom stereocenters. The molecule has 2 N–H and O–H groups in total. The number of nitrogens with two attached hydrogens (primary N) is 1. The number of benzene rings is 2. The largest absolute Gasteiger partial charge is 0.343 e. The minimum absolute atomic E-state index is 0.591. The van der Waals surface area contributed by atoms with Gasteiger partial charge in [-0.1, -0.05) is 34.1 Å². The average Bonchev–Trinajstić information content (AvgIpc) is 2.83. The maximum absolute atomic E-state index is 5.67. The van der Waals surface area contributed by atoms with Crippen LogP contribution >= 0.6 is 15.9 Å². The highest BCUT2D eigenvalue weighted by molar-refractivity contribution is 9.10. The van der Waals surface area contributed by atoms with Crippen LogP contribution in [0.1, 0.15) is 11.1 Å². The van der Waals surface area contributed by atoms with Gasteiger partial charge in [-0.25, -0.2) is 0 Å². The van der Waals surface area contributed by atoms with Crippen LogP contribution in [0.5, 0.6) is 0 Å². The van der Waals surface area contributed by atoms with Gasteiger partial charge in [0.1, 0.15) is 0 Å². The van der Waals surface area contributed by atoms with E-state index in [4.69, 9.17) is 5.73 Å². The minimum Gasteiger partial charge on any atom is -0.343 e. The Kier molecular flexibility index (Phi) is 3.40. The smallest absolute Gasteiger partial charge is 0.0483 e. The van der Waals surface area contributed by atoms with Gasteiger partial charge in [0.05, 0.1) is 0 Å². The molecule has 19 heavy (non-hydrogen) atoms. The Labute approximate surface area is 121 Å². The van der Waals surface area contributed by atoms with Crippen LogP contribution in [0.15, 0.2) is 59.2 Å². The Morgan fingerprint density at radius 1 is 0.947 bits per heavy atom. The fraction of sp³-hybridized carbons (Fsp3) is 0.125. The van der Waals surface area contributed by atoms with Gasteiger partial charge >= 0.3 is 0 Å². The molecule has 3 rings (SSSR count).